The molecule has 2 aliphatic rings. The fraction of sp³-hybridized carbons (Fsp3) is 0.625. The Morgan fingerprint density at radius 1 is 1.48 bits per heavy atom. The maximum Gasteiger partial charge on any atom is 0.362 e. The van der Waals surface area contributed by atoms with E-state index in [4.69, 9.17) is 10.3 Å². The summed E-state index contributed by atoms with van der Waals surface area (Å²) in [5.74, 6) is -1.36. The van der Waals surface area contributed by atoms with Crippen LogP contribution in [0.3, 0.4) is 0 Å². The monoisotopic (exact) mass is 317 g/mol. The van der Waals surface area contributed by atoms with Gasteiger partial charge in [0.15, 0.2) is 0 Å². The molecule has 2 amide bonds. The third kappa shape index (κ3) is 2.09. The first-order valence-corrected chi connectivity index (χ1v) is 7.32. The minimum absolute atomic E-state index is 0.0839. The molecule has 3 rings (SSSR count). The molecule has 1 aromatic rings. The molecule has 0 bridgehead atoms. The number of fused-ring (bicyclic) bond motifs is 1. The van der Waals surface area contributed by atoms with Crippen molar-refractivity contribution in [3.05, 3.63) is 0 Å². The molecule has 2 atom stereocenters. The van der Waals surface area contributed by atoms with Gasteiger partial charge in [-0.15, -0.1) is 5.10 Å². The van der Waals surface area contributed by atoms with Crippen LogP contribution in [0.1, 0.15) is 6.42 Å². The van der Waals surface area contributed by atoms with E-state index in [9.17, 15) is 18.0 Å². The molecule has 0 radical (unpaired) electrons. The molecule has 0 spiro atoms. The molecule has 13 heteroatoms. The van der Waals surface area contributed by atoms with Crippen LogP contribution in [0.4, 0.5) is 5.95 Å². The van der Waals surface area contributed by atoms with Gasteiger partial charge in [0.1, 0.15) is 12.6 Å². The molecule has 12 nitrogen and oxygen atoms in total. The van der Waals surface area contributed by atoms with Crippen LogP contribution < -0.4 is 5.73 Å². The summed E-state index contributed by atoms with van der Waals surface area (Å²) in [6.07, 6.45) is 0.273. The molecule has 1 aromatic heterocycles. The number of hydrogen-bond acceptors (Lipinski definition) is 8. The maximum absolute atomic E-state index is 12.1. The van der Waals surface area contributed by atoms with Gasteiger partial charge in [0.2, 0.25) is 5.91 Å². The lowest BCUT2D eigenvalue weighted by molar-refractivity contribution is -0.152. The number of hydrogen-bond donors (Lipinski definition) is 2. The van der Waals surface area contributed by atoms with E-state index in [0.717, 1.165) is 4.80 Å². The molecule has 3 N–H and O–H groups in total. The van der Waals surface area contributed by atoms with Crippen molar-refractivity contribution < 1.29 is 22.6 Å². The van der Waals surface area contributed by atoms with Gasteiger partial charge in [0, 0.05) is 6.54 Å². The Morgan fingerprint density at radius 3 is 2.76 bits per heavy atom. The first kappa shape index (κ1) is 13.7. The van der Waals surface area contributed by atoms with Crippen molar-refractivity contribution >= 4 is 28.1 Å². The van der Waals surface area contributed by atoms with Crippen LogP contribution in [0.5, 0.6) is 0 Å². The predicted molar refractivity (Wildman–Crippen MR) is 64.5 cm³/mol. The number of anilines is 1. The highest BCUT2D eigenvalue weighted by atomic mass is 32.2. The fourth-order valence-corrected chi connectivity index (χ4v) is 3.53. The summed E-state index contributed by atoms with van der Waals surface area (Å²) in [5, 5.41) is 10.6. The van der Waals surface area contributed by atoms with Gasteiger partial charge in [-0.25, -0.2) is 4.31 Å². The largest absolute Gasteiger partial charge is 0.365 e. The summed E-state index contributed by atoms with van der Waals surface area (Å²) >= 11 is 0. The maximum atomic E-state index is 12.1. The fourth-order valence-electron chi connectivity index (χ4n) is 2.63. The number of aromatic nitrogens is 4. The zero-order valence-corrected chi connectivity index (χ0v) is 11.3. The van der Waals surface area contributed by atoms with Gasteiger partial charge in [-0.1, -0.05) is 5.10 Å². The van der Waals surface area contributed by atoms with Crippen molar-refractivity contribution in [1.29, 1.82) is 0 Å². The van der Waals surface area contributed by atoms with E-state index >= 15 is 0 Å². The number of tetrazole rings is 1. The van der Waals surface area contributed by atoms with Gasteiger partial charge >= 0.3 is 10.3 Å². The van der Waals surface area contributed by atoms with E-state index in [-0.39, 0.29) is 25.5 Å². The molecular formula is C8H11N7O5S. The smallest absolute Gasteiger partial charge is 0.362 e. The molecule has 2 aliphatic heterocycles. The average molecular weight is 317 g/mol. The first-order chi connectivity index (χ1) is 9.79. The third-order valence-electron chi connectivity index (χ3n) is 3.45. The van der Waals surface area contributed by atoms with Crippen LogP contribution in [0.2, 0.25) is 0 Å². The summed E-state index contributed by atoms with van der Waals surface area (Å²) < 4.78 is 31.4. The zero-order valence-electron chi connectivity index (χ0n) is 10.5. The zero-order chi connectivity index (χ0) is 15.4. The van der Waals surface area contributed by atoms with Crippen molar-refractivity contribution in [2.24, 2.45) is 0 Å². The summed E-state index contributed by atoms with van der Waals surface area (Å²) in [7, 11) is -4.58. The normalized spacial score (nSPS) is 24.9. The van der Waals surface area contributed by atoms with Crippen LogP contribution in [-0.2, 0) is 26.4 Å². The number of β-lactam (4-membered cyclic amide) rings is 1. The molecule has 2 fully saturated rings. The summed E-state index contributed by atoms with van der Waals surface area (Å²) in [5.41, 5.74) is 5.27. The van der Waals surface area contributed by atoms with Crippen molar-refractivity contribution in [3.8, 4) is 0 Å². The number of carbonyl (C=O) groups is 2. The summed E-state index contributed by atoms with van der Waals surface area (Å²) in [6.45, 7) is -0.0529. The second-order valence-corrected chi connectivity index (χ2v) is 5.97. The Labute approximate surface area is 118 Å². The van der Waals surface area contributed by atoms with Crippen LogP contribution in [-0.4, -0.2) is 72.8 Å². The Bertz CT molecular complexity index is 714. The van der Waals surface area contributed by atoms with Gasteiger partial charge < -0.3 is 10.6 Å². The summed E-state index contributed by atoms with van der Waals surface area (Å²) in [6, 6.07) is -1.59. The summed E-state index contributed by atoms with van der Waals surface area (Å²) in [4.78, 5) is 26.1. The van der Waals surface area contributed by atoms with Gasteiger partial charge in [-0.2, -0.15) is 13.2 Å². The van der Waals surface area contributed by atoms with Crippen LogP contribution in [0.25, 0.3) is 0 Å². The molecule has 0 unspecified atom stereocenters. The van der Waals surface area contributed by atoms with E-state index in [1.807, 2.05) is 0 Å². The van der Waals surface area contributed by atoms with Crippen LogP contribution in [0, 0.1) is 0 Å². The SMILES string of the molecule is Nc1nnn(CC(=O)N2CC[C@@H]3[C@H]2C(=O)N3S(=O)(=O)O)n1. The molecule has 0 aromatic carbocycles. The quantitative estimate of drug-likeness (QED) is 0.433. The highest BCUT2D eigenvalue weighted by Gasteiger charge is 2.59. The lowest BCUT2D eigenvalue weighted by Gasteiger charge is -2.42. The highest BCUT2D eigenvalue weighted by Crippen LogP contribution is 2.35. The van der Waals surface area contributed by atoms with E-state index < -0.39 is 34.2 Å². The molecule has 3 heterocycles. The van der Waals surface area contributed by atoms with Crippen molar-refractivity contribution in [2.45, 2.75) is 25.0 Å². The Hall–Kier alpha value is -2.28. The number of nitrogen functional groups attached to an aromatic ring is 1. The van der Waals surface area contributed by atoms with Crippen molar-refractivity contribution in [1.82, 2.24) is 29.4 Å². The lowest BCUT2D eigenvalue weighted by atomic mass is 10.0. The highest BCUT2D eigenvalue weighted by molar-refractivity contribution is 7.84. The number of carbonyl (C=O) groups excluding carboxylic acids is 2. The Kier molecular flexibility index (Phi) is 2.84. The van der Waals surface area contributed by atoms with Crippen LogP contribution in [0.15, 0.2) is 0 Å². The first-order valence-electron chi connectivity index (χ1n) is 5.92. The molecule has 2 saturated heterocycles. The minimum Gasteiger partial charge on any atom is -0.365 e. The van der Waals surface area contributed by atoms with Crippen LogP contribution >= 0.6 is 0 Å². The Morgan fingerprint density at radius 2 is 2.19 bits per heavy atom. The average Bonchev–Trinajstić information content (AvgIpc) is 2.91. The molecule has 21 heavy (non-hydrogen) atoms. The van der Waals surface area contributed by atoms with Crippen molar-refractivity contribution in [2.75, 3.05) is 12.3 Å². The number of nitrogens with two attached hydrogens (primary N) is 1. The third-order valence-corrected chi connectivity index (χ3v) is 4.40. The molecule has 0 saturated carbocycles. The lowest BCUT2D eigenvalue weighted by Crippen LogP contribution is -2.68. The number of likely N-dealkylation sites (tertiary alicyclic amines) is 1. The van der Waals surface area contributed by atoms with E-state index in [0.29, 0.717) is 4.31 Å². The van der Waals surface area contributed by atoms with E-state index in [2.05, 4.69) is 15.4 Å². The Balaban J connectivity index is 1.72. The number of amides is 2. The van der Waals surface area contributed by atoms with Crippen molar-refractivity contribution in [3.63, 3.8) is 0 Å². The topological polar surface area (TPSA) is 165 Å². The van der Waals surface area contributed by atoms with E-state index in [1.165, 1.54) is 4.90 Å². The predicted octanol–water partition coefficient (Wildman–Crippen LogP) is -3.13. The second kappa shape index (κ2) is 4.36. The van der Waals surface area contributed by atoms with Gasteiger partial charge in [0.25, 0.3) is 11.9 Å². The van der Waals surface area contributed by atoms with Gasteiger partial charge in [-0.05, 0) is 11.6 Å². The minimum atomic E-state index is -4.58. The standard InChI is InChI=1S/C8H11N7O5S/c9-8-10-12-14(11-8)3-5(16)13-2-1-4-6(13)7(17)15(4)21(18,19)20/h4,6H,1-3H2,(H2,9,11)(H,18,19,20)/t4-,6+/m1/s1. The number of rotatable bonds is 3. The van der Waals surface area contributed by atoms with Gasteiger partial charge in [0.05, 0.1) is 6.04 Å². The number of nitrogens with zero attached hydrogens (tertiary/aromatic N) is 6. The second-order valence-electron chi connectivity index (χ2n) is 4.68. The van der Waals surface area contributed by atoms with E-state index in [1.54, 1.807) is 0 Å². The molecule has 114 valence electrons. The van der Waals surface area contributed by atoms with Gasteiger partial charge in [-0.3, -0.25) is 14.1 Å². The molecular weight excluding hydrogens is 306 g/mol. The molecule has 0 aliphatic carbocycles.